The minimum absolute atomic E-state index is 0.0924. The van der Waals surface area contributed by atoms with Gasteiger partial charge in [-0.05, 0) is 112 Å². The van der Waals surface area contributed by atoms with Gasteiger partial charge in [-0.15, -0.1) is 0 Å². The summed E-state index contributed by atoms with van der Waals surface area (Å²) in [6.45, 7) is 8.15. The van der Waals surface area contributed by atoms with Crippen LogP contribution in [0, 0.1) is 24.2 Å². The van der Waals surface area contributed by atoms with E-state index in [9.17, 15) is 29.2 Å². The number of aromatic nitrogens is 1. The number of piperazine rings is 1. The van der Waals surface area contributed by atoms with E-state index in [4.69, 9.17) is 4.74 Å². The molecule has 4 fully saturated rings. The maximum absolute atomic E-state index is 13.3. The molecule has 0 spiro atoms. The van der Waals surface area contributed by atoms with Crippen LogP contribution in [0.25, 0.3) is 0 Å². The molecule has 57 heavy (non-hydrogen) atoms. The lowest BCUT2D eigenvalue weighted by molar-refractivity contribution is -0.136. The number of hydrogen-bond acceptors (Lipinski definition) is 11. The van der Waals surface area contributed by atoms with Gasteiger partial charge >= 0.3 is 0 Å². The van der Waals surface area contributed by atoms with Crippen LogP contribution in [-0.2, 0) is 9.59 Å². The molecule has 1 aromatic heterocycles. The summed E-state index contributed by atoms with van der Waals surface area (Å²) < 4.78 is 6.17. The van der Waals surface area contributed by atoms with Gasteiger partial charge in [-0.3, -0.25) is 39.1 Å². The Bertz CT molecular complexity index is 2090. The lowest BCUT2D eigenvalue weighted by atomic mass is 9.92. The highest BCUT2D eigenvalue weighted by molar-refractivity contribution is 6.23. The molecule has 5 aliphatic rings. The minimum atomic E-state index is -0.972. The zero-order chi connectivity index (χ0) is 39.6. The van der Waals surface area contributed by atoms with Crippen molar-refractivity contribution in [3.63, 3.8) is 0 Å². The van der Waals surface area contributed by atoms with Crippen molar-refractivity contribution in [2.75, 3.05) is 55.6 Å². The summed E-state index contributed by atoms with van der Waals surface area (Å²) in [4.78, 5) is 76.3. The van der Waals surface area contributed by atoms with Gasteiger partial charge in [0.25, 0.3) is 17.7 Å². The van der Waals surface area contributed by atoms with Crippen molar-refractivity contribution >= 4 is 41.0 Å². The first-order chi connectivity index (χ1) is 27.6. The van der Waals surface area contributed by atoms with Crippen LogP contribution in [0.4, 0.5) is 11.5 Å². The van der Waals surface area contributed by atoms with E-state index in [1.807, 2.05) is 37.3 Å². The van der Waals surface area contributed by atoms with Gasteiger partial charge in [-0.1, -0.05) is 0 Å². The molecular weight excluding hydrogens is 725 g/mol. The first-order valence-electron chi connectivity index (χ1n) is 20.2. The third kappa shape index (κ3) is 8.20. The normalized spacial score (nSPS) is 23.2. The molecule has 5 heterocycles. The molecule has 3 aromatic rings. The maximum Gasteiger partial charge on any atom is 0.262 e. The van der Waals surface area contributed by atoms with Gasteiger partial charge in [0.05, 0.1) is 34.4 Å². The molecule has 5 amide bonds. The summed E-state index contributed by atoms with van der Waals surface area (Å²) in [6.07, 6.45) is 7.52. The Morgan fingerprint density at radius 2 is 1.61 bits per heavy atom. The molecule has 4 aliphatic heterocycles. The summed E-state index contributed by atoms with van der Waals surface area (Å²) in [5.41, 5.74) is 3.61. The van der Waals surface area contributed by atoms with Gasteiger partial charge in [0.2, 0.25) is 11.8 Å². The van der Waals surface area contributed by atoms with Crippen molar-refractivity contribution in [2.45, 2.75) is 76.5 Å². The molecule has 14 heteroatoms. The Labute approximate surface area is 332 Å². The highest BCUT2D eigenvalue weighted by atomic mass is 16.5. The van der Waals surface area contributed by atoms with E-state index in [0.717, 1.165) is 112 Å². The van der Waals surface area contributed by atoms with Crippen molar-refractivity contribution in [3.8, 4) is 11.8 Å². The van der Waals surface area contributed by atoms with E-state index in [1.165, 1.54) is 0 Å². The molecule has 14 nitrogen and oxygen atoms in total. The number of rotatable bonds is 9. The molecule has 1 aliphatic carbocycles. The Hall–Kier alpha value is -5.81. The summed E-state index contributed by atoms with van der Waals surface area (Å²) in [6, 6.07) is 16.0. The van der Waals surface area contributed by atoms with Crippen molar-refractivity contribution < 1.29 is 28.7 Å². The highest BCUT2D eigenvalue weighted by Crippen LogP contribution is 2.32. The topological polar surface area (TPSA) is 168 Å². The number of aryl methyl sites for hydroxylation is 1. The number of amides is 5. The largest absolute Gasteiger partial charge is 0.490 e. The Morgan fingerprint density at radius 1 is 0.860 bits per heavy atom. The van der Waals surface area contributed by atoms with Gasteiger partial charge in [-0.25, -0.2) is 4.98 Å². The Kier molecular flexibility index (Phi) is 10.9. The monoisotopic (exact) mass is 772 g/mol. The molecule has 0 bridgehead atoms. The SMILES string of the molecule is Cc1cc(OC2CCC(NC(=O)c3ccc(N4CCC(CN5CCN(c6ccc7c(c6)C(=O)N(C6CCC(=O)NC6=O)C7=O)CC5)CC4)nc3)CC2)ccc1C#N. The Balaban J connectivity index is 0.753. The first kappa shape index (κ1) is 38.1. The standard InChI is InChI=1S/C43H48N8O6/c1-27-22-34(7-2-29(27)24-44)57-33-8-4-31(5-9-33)46-40(53)30-3-12-38(45-25-30)50-16-14-28(15-17-50)26-48-18-20-49(21-19-48)32-6-10-35-36(23-32)43(56)51(42(35)55)37-11-13-39(52)47-41(37)54/h2-3,6-7,10,12,22-23,25,28,31,33,37H,4-5,8-9,11,13-21,26H2,1H3,(H,46,53)(H,47,52,54). The number of nitrogens with zero attached hydrogens (tertiary/aromatic N) is 6. The molecule has 3 saturated heterocycles. The van der Waals surface area contributed by atoms with Gasteiger partial charge in [0.15, 0.2) is 0 Å². The zero-order valence-corrected chi connectivity index (χ0v) is 32.2. The number of imide groups is 2. The molecule has 1 unspecified atom stereocenters. The molecule has 2 N–H and O–H groups in total. The average molecular weight is 773 g/mol. The van der Waals surface area contributed by atoms with Crippen LogP contribution in [0.2, 0.25) is 0 Å². The van der Waals surface area contributed by atoms with Crippen LogP contribution in [0.15, 0.2) is 54.7 Å². The number of ether oxygens (including phenoxy) is 1. The fourth-order valence-electron chi connectivity index (χ4n) is 8.88. The molecule has 296 valence electrons. The molecule has 0 radical (unpaired) electrons. The summed E-state index contributed by atoms with van der Waals surface area (Å²) in [5, 5.41) is 14.6. The van der Waals surface area contributed by atoms with Gasteiger partial charge in [0, 0.05) is 70.2 Å². The summed E-state index contributed by atoms with van der Waals surface area (Å²) in [7, 11) is 0. The third-order valence-electron chi connectivity index (χ3n) is 12.3. The molecule has 1 atom stereocenters. The van der Waals surface area contributed by atoms with Crippen molar-refractivity contribution in [3.05, 3.63) is 82.5 Å². The number of nitrogens with one attached hydrogen (secondary N) is 2. The van der Waals surface area contributed by atoms with Crippen LogP contribution in [0.5, 0.6) is 5.75 Å². The number of carbonyl (C=O) groups is 5. The maximum atomic E-state index is 13.3. The summed E-state index contributed by atoms with van der Waals surface area (Å²) in [5.74, 6) is 0.177. The van der Waals surface area contributed by atoms with Crippen LogP contribution in [0.1, 0.15) is 93.6 Å². The summed E-state index contributed by atoms with van der Waals surface area (Å²) >= 11 is 0. The fourth-order valence-corrected chi connectivity index (χ4v) is 8.88. The molecular formula is C43H48N8O6. The first-order valence-corrected chi connectivity index (χ1v) is 20.2. The van der Waals surface area contributed by atoms with E-state index in [0.29, 0.717) is 28.2 Å². The van der Waals surface area contributed by atoms with Gasteiger partial charge in [0.1, 0.15) is 17.6 Å². The second-order valence-corrected chi connectivity index (χ2v) is 16.0. The quantitative estimate of drug-likeness (QED) is 0.304. The van der Waals surface area contributed by atoms with Crippen LogP contribution < -0.4 is 25.2 Å². The van der Waals surface area contributed by atoms with Gasteiger partial charge < -0.3 is 19.9 Å². The third-order valence-corrected chi connectivity index (χ3v) is 12.3. The second-order valence-electron chi connectivity index (χ2n) is 16.0. The lowest BCUT2D eigenvalue weighted by Crippen LogP contribution is -2.54. The number of pyridine rings is 1. The number of anilines is 2. The zero-order valence-electron chi connectivity index (χ0n) is 32.2. The second kappa shape index (κ2) is 16.3. The minimum Gasteiger partial charge on any atom is -0.490 e. The Morgan fingerprint density at radius 3 is 2.30 bits per heavy atom. The lowest BCUT2D eigenvalue weighted by Gasteiger charge is -2.40. The van der Waals surface area contributed by atoms with E-state index >= 15 is 0 Å². The predicted molar refractivity (Wildman–Crippen MR) is 211 cm³/mol. The van der Waals surface area contributed by atoms with Gasteiger partial charge in [-0.2, -0.15) is 5.26 Å². The average Bonchev–Trinajstić information content (AvgIpc) is 3.47. The molecule has 2 aromatic carbocycles. The number of carbonyl (C=O) groups excluding carboxylic acids is 5. The van der Waals surface area contributed by atoms with E-state index in [2.05, 4.69) is 36.4 Å². The van der Waals surface area contributed by atoms with E-state index in [1.54, 1.807) is 24.4 Å². The predicted octanol–water partition coefficient (Wildman–Crippen LogP) is 3.82. The van der Waals surface area contributed by atoms with Crippen molar-refractivity contribution in [1.82, 2.24) is 25.4 Å². The number of piperidine rings is 2. The van der Waals surface area contributed by atoms with Crippen LogP contribution in [0.3, 0.4) is 0 Å². The van der Waals surface area contributed by atoms with E-state index < -0.39 is 29.7 Å². The smallest absolute Gasteiger partial charge is 0.262 e. The number of hydrogen-bond donors (Lipinski definition) is 2. The van der Waals surface area contributed by atoms with Crippen LogP contribution >= 0.6 is 0 Å². The number of fused-ring (bicyclic) bond motifs is 1. The van der Waals surface area contributed by atoms with Crippen molar-refractivity contribution in [2.24, 2.45) is 5.92 Å². The fraction of sp³-hybridized carbons (Fsp3) is 0.465. The van der Waals surface area contributed by atoms with E-state index in [-0.39, 0.29) is 30.9 Å². The number of nitriles is 1. The van der Waals surface area contributed by atoms with Crippen LogP contribution in [-0.4, -0.2) is 108 Å². The molecule has 1 saturated carbocycles. The molecule has 8 rings (SSSR count). The highest BCUT2D eigenvalue weighted by Gasteiger charge is 2.45. The van der Waals surface area contributed by atoms with Crippen molar-refractivity contribution in [1.29, 1.82) is 5.26 Å². The number of benzene rings is 2.